The quantitative estimate of drug-likeness (QED) is 0.818. The Bertz CT molecular complexity index is 454. The molecule has 0 saturated heterocycles. The Morgan fingerprint density at radius 2 is 2.24 bits per heavy atom. The summed E-state index contributed by atoms with van der Waals surface area (Å²) in [7, 11) is 0. The number of amides is 1. The molecule has 0 fully saturated rings. The van der Waals surface area contributed by atoms with Gasteiger partial charge in [-0.1, -0.05) is 6.07 Å². The largest absolute Gasteiger partial charge is 0.346 e. The highest BCUT2D eigenvalue weighted by Gasteiger charge is 2.27. The predicted octanol–water partition coefficient (Wildman–Crippen LogP) is 0.882. The maximum absolute atomic E-state index is 12.8. The van der Waals surface area contributed by atoms with Crippen LogP contribution in [0.15, 0.2) is 24.3 Å². The molecule has 6 heteroatoms. The third-order valence-electron chi connectivity index (χ3n) is 2.06. The lowest BCUT2D eigenvalue weighted by atomic mass is 10.1. The Labute approximate surface area is 97.0 Å². The van der Waals surface area contributed by atoms with Gasteiger partial charge in [-0.2, -0.15) is 5.26 Å². The van der Waals surface area contributed by atoms with Gasteiger partial charge >= 0.3 is 0 Å². The maximum atomic E-state index is 12.8. The van der Waals surface area contributed by atoms with Crippen molar-refractivity contribution in [3.8, 4) is 6.07 Å². The monoisotopic (exact) mass is 239 g/mol. The van der Waals surface area contributed by atoms with Crippen molar-refractivity contribution in [2.45, 2.75) is 5.92 Å². The molecule has 4 nitrogen and oxygen atoms in total. The van der Waals surface area contributed by atoms with E-state index in [1.54, 1.807) is 0 Å². The van der Waals surface area contributed by atoms with Crippen LogP contribution in [0.2, 0.25) is 0 Å². The van der Waals surface area contributed by atoms with Crippen molar-refractivity contribution in [3.05, 3.63) is 35.4 Å². The molecule has 0 radical (unpaired) electrons. The standard InChI is InChI=1S/C11H11F2N3O/c12-11(13,6-15)7-16-10(17)9-3-1-2-8(4-9)5-14/h1-4H,6-7,15H2,(H,16,17). The second kappa shape index (κ2) is 5.37. The first-order valence-corrected chi connectivity index (χ1v) is 4.85. The van der Waals surface area contributed by atoms with E-state index in [0.717, 1.165) is 0 Å². The topological polar surface area (TPSA) is 78.9 Å². The number of rotatable bonds is 4. The maximum Gasteiger partial charge on any atom is 0.277 e. The summed E-state index contributed by atoms with van der Waals surface area (Å²) in [5.41, 5.74) is 5.29. The zero-order valence-electron chi connectivity index (χ0n) is 8.91. The van der Waals surface area contributed by atoms with Crippen molar-refractivity contribution in [2.24, 2.45) is 5.73 Å². The molecule has 1 aromatic carbocycles. The minimum atomic E-state index is -3.12. The summed E-state index contributed by atoms with van der Waals surface area (Å²) in [6.45, 7) is -1.65. The number of nitriles is 1. The highest BCUT2D eigenvalue weighted by molar-refractivity contribution is 5.94. The second-order valence-electron chi connectivity index (χ2n) is 3.44. The van der Waals surface area contributed by atoms with Crippen LogP contribution in [0.25, 0.3) is 0 Å². The van der Waals surface area contributed by atoms with Gasteiger partial charge in [0.15, 0.2) is 0 Å². The molecular weight excluding hydrogens is 228 g/mol. The normalized spacial score (nSPS) is 10.7. The van der Waals surface area contributed by atoms with Gasteiger partial charge in [0.2, 0.25) is 0 Å². The SMILES string of the molecule is N#Cc1cccc(C(=O)NCC(F)(F)CN)c1. The number of hydrogen-bond donors (Lipinski definition) is 2. The van der Waals surface area contributed by atoms with Gasteiger partial charge in [-0.3, -0.25) is 4.79 Å². The van der Waals surface area contributed by atoms with Crippen molar-refractivity contribution in [2.75, 3.05) is 13.1 Å². The summed E-state index contributed by atoms with van der Waals surface area (Å²) in [6, 6.07) is 7.66. The third-order valence-corrected chi connectivity index (χ3v) is 2.06. The molecular formula is C11H11F2N3O. The lowest BCUT2D eigenvalue weighted by molar-refractivity contribution is 0.0118. The van der Waals surface area contributed by atoms with Gasteiger partial charge in [-0.05, 0) is 18.2 Å². The molecule has 0 unspecified atom stereocenters. The van der Waals surface area contributed by atoms with E-state index >= 15 is 0 Å². The van der Waals surface area contributed by atoms with E-state index in [1.807, 2.05) is 6.07 Å². The van der Waals surface area contributed by atoms with Gasteiger partial charge in [-0.15, -0.1) is 0 Å². The molecule has 0 aliphatic rings. The summed E-state index contributed by atoms with van der Waals surface area (Å²) in [4.78, 5) is 11.5. The number of halogens is 2. The lowest BCUT2D eigenvalue weighted by Crippen LogP contribution is -2.41. The van der Waals surface area contributed by atoms with Gasteiger partial charge < -0.3 is 11.1 Å². The smallest absolute Gasteiger partial charge is 0.277 e. The van der Waals surface area contributed by atoms with E-state index in [9.17, 15) is 13.6 Å². The van der Waals surface area contributed by atoms with E-state index in [4.69, 9.17) is 11.0 Å². The number of benzene rings is 1. The van der Waals surface area contributed by atoms with Crippen molar-refractivity contribution in [1.29, 1.82) is 5.26 Å². The van der Waals surface area contributed by atoms with Crippen LogP contribution in [0.4, 0.5) is 8.78 Å². The molecule has 0 heterocycles. The van der Waals surface area contributed by atoms with E-state index in [2.05, 4.69) is 5.32 Å². The number of carbonyl (C=O) groups is 1. The van der Waals surface area contributed by atoms with Crippen molar-refractivity contribution < 1.29 is 13.6 Å². The predicted molar refractivity (Wildman–Crippen MR) is 57.5 cm³/mol. The van der Waals surface area contributed by atoms with E-state index < -0.39 is 24.9 Å². The minimum Gasteiger partial charge on any atom is -0.346 e. The molecule has 1 aromatic rings. The summed E-state index contributed by atoms with van der Waals surface area (Å²) in [6.07, 6.45) is 0. The first-order chi connectivity index (χ1) is 7.98. The van der Waals surface area contributed by atoms with E-state index in [0.29, 0.717) is 5.56 Å². The molecule has 0 aromatic heterocycles. The highest BCUT2D eigenvalue weighted by Crippen LogP contribution is 2.10. The summed E-state index contributed by atoms with van der Waals surface area (Å²) < 4.78 is 25.6. The van der Waals surface area contributed by atoms with Crippen LogP contribution in [0.5, 0.6) is 0 Å². The Morgan fingerprint density at radius 1 is 1.53 bits per heavy atom. The zero-order valence-corrected chi connectivity index (χ0v) is 8.91. The summed E-state index contributed by atoms with van der Waals surface area (Å²) in [5.74, 6) is -3.78. The van der Waals surface area contributed by atoms with Crippen LogP contribution in [0.3, 0.4) is 0 Å². The van der Waals surface area contributed by atoms with Crippen molar-refractivity contribution in [1.82, 2.24) is 5.32 Å². The Morgan fingerprint density at radius 3 is 2.82 bits per heavy atom. The number of hydrogen-bond acceptors (Lipinski definition) is 3. The molecule has 0 saturated carbocycles. The van der Waals surface area contributed by atoms with Crippen LogP contribution in [0.1, 0.15) is 15.9 Å². The number of nitrogens with one attached hydrogen (secondary N) is 1. The van der Waals surface area contributed by atoms with Crippen LogP contribution < -0.4 is 11.1 Å². The molecule has 17 heavy (non-hydrogen) atoms. The van der Waals surface area contributed by atoms with E-state index in [1.165, 1.54) is 24.3 Å². The molecule has 0 atom stereocenters. The molecule has 0 bridgehead atoms. The molecule has 0 spiro atoms. The summed E-state index contributed by atoms with van der Waals surface area (Å²) >= 11 is 0. The van der Waals surface area contributed by atoms with E-state index in [-0.39, 0.29) is 5.56 Å². The Kier molecular flexibility index (Phi) is 4.12. The fraction of sp³-hybridized carbons (Fsp3) is 0.273. The number of alkyl halides is 2. The number of nitrogens with zero attached hydrogens (tertiary/aromatic N) is 1. The molecule has 0 aliphatic heterocycles. The fourth-order valence-corrected chi connectivity index (χ4v) is 1.11. The molecule has 1 amide bonds. The van der Waals surface area contributed by atoms with Gasteiger partial charge in [0.1, 0.15) is 0 Å². The van der Waals surface area contributed by atoms with Gasteiger partial charge in [0.05, 0.1) is 24.7 Å². The van der Waals surface area contributed by atoms with Crippen molar-refractivity contribution in [3.63, 3.8) is 0 Å². The fourth-order valence-electron chi connectivity index (χ4n) is 1.11. The lowest BCUT2D eigenvalue weighted by Gasteiger charge is -2.14. The molecule has 0 aliphatic carbocycles. The van der Waals surface area contributed by atoms with Gasteiger partial charge in [0, 0.05) is 5.56 Å². The highest BCUT2D eigenvalue weighted by atomic mass is 19.3. The molecule has 1 rings (SSSR count). The van der Waals surface area contributed by atoms with Gasteiger partial charge in [-0.25, -0.2) is 8.78 Å². The number of carbonyl (C=O) groups excluding carboxylic acids is 1. The molecule has 90 valence electrons. The first-order valence-electron chi connectivity index (χ1n) is 4.85. The zero-order chi connectivity index (χ0) is 12.9. The third kappa shape index (κ3) is 3.81. The Balaban J connectivity index is 2.68. The van der Waals surface area contributed by atoms with Crippen LogP contribution in [-0.2, 0) is 0 Å². The van der Waals surface area contributed by atoms with Crippen LogP contribution >= 0.6 is 0 Å². The van der Waals surface area contributed by atoms with Gasteiger partial charge in [0.25, 0.3) is 11.8 Å². The number of nitrogens with two attached hydrogens (primary N) is 1. The van der Waals surface area contributed by atoms with Crippen LogP contribution in [-0.4, -0.2) is 24.9 Å². The molecule has 3 N–H and O–H groups in total. The van der Waals surface area contributed by atoms with Crippen LogP contribution in [0, 0.1) is 11.3 Å². The average molecular weight is 239 g/mol. The van der Waals surface area contributed by atoms with Crippen molar-refractivity contribution >= 4 is 5.91 Å². The summed E-state index contributed by atoms with van der Waals surface area (Å²) in [5, 5.41) is 10.7. The minimum absolute atomic E-state index is 0.164. The average Bonchev–Trinajstić information content (AvgIpc) is 2.36. The first kappa shape index (κ1) is 13.1. The Hall–Kier alpha value is -2.00. The second-order valence-corrected chi connectivity index (χ2v) is 3.44.